The first-order chi connectivity index (χ1) is 6.50. The number of hydrogen-bond acceptors (Lipinski definition) is 2. The number of aryl methyl sites for hydroxylation is 1. The molecule has 1 N–H and O–H groups in total. The van der Waals surface area contributed by atoms with Gasteiger partial charge in [0.2, 0.25) is 0 Å². The van der Waals surface area contributed by atoms with Gasteiger partial charge in [-0.3, -0.25) is 4.68 Å². The Kier molecular flexibility index (Phi) is 5.73. The van der Waals surface area contributed by atoms with E-state index in [1.54, 1.807) is 0 Å². The standard InChI is InChI=1S/C11H21N3.ClH/c1-8(2)6-12-11-7-14(9(3)4)13-10(11)5;/h7-9,12H,6H2,1-5H3;1H. The SMILES string of the molecule is Cc1nn(C(C)C)cc1NCC(C)C.Cl. The van der Waals surface area contributed by atoms with Crippen molar-refractivity contribution in [3.8, 4) is 0 Å². The van der Waals surface area contributed by atoms with Crippen LogP contribution in [0.2, 0.25) is 0 Å². The largest absolute Gasteiger partial charge is 0.382 e. The number of halogens is 1. The summed E-state index contributed by atoms with van der Waals surface area (Å²) in [5, 5.41) is 7.85. The van der Waals surface area contributed by atoms with Crippen molar-refractivity contribution in [1.82, 2.24) is 9.78 Å². The zero-order chi connectivity index (χ0) is 10.7. The van der Waals surface area contributed by atoms with E-state index >= 15 is 0 Å². The van der Waals surface area contributed by atoms with Crippen molar-refractivity contribution >= 4 is 18.1 Å². The van der Waals surface area contributed by atoms with E-state index in [0.29, 0.717) is 12.0 Å². The van der Waals surface area contributed by atoms with Gasteiger partial charge >= 0.3 is 0 Å². The number of hydrogen-bond donors (Lipinski definition) is 1. The zero-order valence-electron chi connectivity index (χ0n) is 10.2. The molecule has 0 fully saturated rings. The molecule has 4 heteroatoms. The van der Waals surface area contributed by atoms with Crippen molar-refractivity contribution in [2.75, 3.05) is 11.9 Å². The maximum Gasteiger partial charge on any atom is 0.0825 e. The van der Waals surface area contributed by atoms with E-state index < -0.39 is 0 Å². The zero-order valence-corrected chi connectivity index (χ0v) is 11.1. The Bertz CT molecular complexity index is 292. The monoisotopic (exact) mass is 231 g/mol. The van der Waals surface area contributed by atoms with Crippen molar-refractivity contribution in [2.24, 2.45) is 5.92 Å². The summed E-state index contributed by atoms with van der Waals surface area (Å²) in [6.07, 6.45) is 2.09. The van der Waals surface area contributed by atoms with Gasteiger partial charge < -0.3 is 5.32 Å². The molecule has 1 rings (SSSR count). The molecule has 0 saturated heterocycles. The third-order valence-corrected chi connectivity index (χ3v) is 2.15. The van der Waals surface area contributed by atoms with Crippen molar-refractivity contribution in [3.63, 3.8) is 0 Å². The number of aromatic nitrogens is 2. The number of nitrogens with one attached hydrogen (secondary N) is 1. The normalized spacial score (nSPS) is 10.6. The molecule has 0 spiro atoms. The lowest BCUT2D eigenvalue weighted by Gasteiger charge is -2.07. The molecular weight excluding hydrogens is 210 g/mol. The highest BCUT2D eigenvalue weighted by Gasteiger charge is 2.06. The maximum absolute atomic E-state index is 4.44. The molecule has 1 aromatic rings. The molecule has 0 bridgehead atoms. The molecule has 0 aromatic carbocycles. The Balaban J connectivity index is 0.00000196. The molecule has 1 heterocycles. The fraction of sp³-hybridized carbons (Fsp3) is 0.727. The minimum absolute atomic E-state index is 0. The molecular formula is C11H22ClN3. The van der Waals surface area contributed by atoms with Gasteiger partial charge in [-0.1, -0.05) is 13.8 Å². The van der Waals surface area contributed by atoms with Crippen LogP contribution in [0.4, 0.5) is 5.69 Å². The van der Waals surface area contributed by atoms with Crippen LogP contribution in [0.15, 0.2) is 6.20 Å². The summed E-state index contributed by atoms with van der Waals surface area (Å²) < 4.78 is 2.00. The van der Waals surface area contributed by atoms with Crippen LogP contribution in [0.1, 0.15) is 39.4 Å². The number of rotatable bonds is 4. The highest BCUT2D eigenvalue weighted by atomic mass is 35.5. The Morgan fingerprint density at radius 2 is 1.93 bits per heavy atom. The summed E-state index contributed by atoms with van der Waals surface area (Å²) in [6, 6.07) is 0.434. The first-order valence-electron chi connectivity index (χ1n) is 5.30. The summed E-state index contributed by atoms with van der Waals surface area (Å²) in [7, 11) is 0. The third-order valence-electron chi connectivity index (χ3n) is 2.15. The van der Waals surface area contributed by atoms with Crippen LogP contribution in [-0.2, 0) is 0 Å². The van der Waals surface area contributed by atoms with Crippen LogP contribution < -0.4 is 5.32 Å². The van der Waals surface area contributed by atoms with E-state index in [1.165, 1.54) is 0 Å². The van der Waals surface area contributed by atoms with E-state index in [-0.39, 0.29) is 12.4 Å². The highest BCUT2D eigenvalue weighted by molar-refractivity contribution is 5.85. The van der Waals surface area contributed by atoms with Gasteiger partial charge in [-0.25, -0.2) is 0 Å². The molecule has 0 unspecified atom stereocenters. The van der Waals surface area contributed by atoms with Crippen LogP contribution in [0.3, 0.4) is 0 Å². The summed E-state index contributed by atoms with van der Waals surface area (Å²) in [5.41, 5.74) is 2.24. The van der Waals surface area contributed by atoms with Crippen LogP contribution in [-0.4, -0.2) is 16.3 Å². The molecule has 1 aromatic heterocycles. The summed E-state index contributed by atoms with van der Waals surface area (Å²) >= 11 is 0. The third kappa shape index (κ3) is 4.12. The van der Waals surface area contributed by atoms with E-state index in [0.717, 1.165) is 17.9 Å². The average molecular weight is 232 g/mol. The predicted molar refractivity (Wildman–Crippen MR) is 67.9 cm³/mol. The lowest BCUT2D eigenvalue weighted by molar-refractivity contribution is 0.529. The van der Waals surface area contributed by atoms with Gasteiger partial charge in [0.05, 0.1) is 11.4 Å². The van der Waals surface area contributed by atoms with Crippen LogP contribution in [0.25, 0.3) is 0 Å². The van der Waals surface area contributed by atoms with E-state index in [4.69, 9.17) is 0 Å². The molecule has 88 valence electrons. The molecule has 0 amide bonds. The molecule has 3 nitrogen and oxygen atoms in total. The molecule has 0 radical (unpaired) electrons. The minimum atomic E-state index is 0. The van der Waals surface area contributed by atoms with Gasteiger partial charge in [0.15, 0.2) is 0 Å². The average Bonchev–Trinajstić information content (AvgIpc) is 2.43. The van der Waals surface area contributed by atoms with Crippen molar-refractivity contribution in [2.45, 2.75) is 40.7 Å². The first kappa shape index (κ1) is 14.3. The fourth-order valence-electron chi connectivity index (χ4n) is 1.23. The summed E-state index contributed by atoms with van der Waals surface area (Å²) in [5.74, 6) is 0.664. The quantitative estimate of drug-likeness (QED) is 0.862. The van der Waals surface area contributed by atoms with E-state index in [1.807, 2.05) is 11.6 Å². The Labute approximate surface area is 98.7 Å². The van der Waals surface area contributed by atoms with E-state index in [9.17, 15) is 0 Å². The van der Waals surface area contributed by atoms with Gasteiger partial charge in [-0.15, -0.1) is 12.4 Å². The maximum atomic E-state index is 4.44. The second-order valence-electron chi connectivity index (χ2n) is 4.48. The Morgan fingerprint density at radius 3 is 2.33 bits per heavy atom. The van der Waals surface area contributed by atoms with Gasteiger partial charge in [0, 0.05) is 18.8 Å². The second kappa shape index (κ2) is 6.01. The molecule has 0 saturated carbocycles. The van der Waals surface area contributed by atoms with Gasteiger partial charge in [-0.2, -0.15) is 5.10 Å². The minimum Gasteiger partial charge on any atom is -0.382 e. The van der Waals surface area contributed by atoms with Gasteiger partial charge in [0.25, 0.3) is 0 Å². The summed E-state index contributed by atoms with van der Waals surface area (Å²) in [4.78, 5) is 0. The van der Waals surface area contributed by atoms with Crippen molar-refractivity contribution in [3.05, 3.63) is 11.9 Å². The predicted octanol–water partition coefficient (Wildman–Crippen LogP) is 3.26. The highest BCUT2D eigenvalue weighted by Crippen LogP contribution is 2.15. The van der Waals surface area contributed by atoms with Gasteiger partial charge in [-0.05, 0) is 26.7 Å². The van der Waals surface area contributed by atoms with Gasteiger partial charge in [0.1, 0.15) is 0 Å². The lowest BCUT2D eigenvalue weighted by atomic mass is 10.2. The van der Waals surface area contributed by atoms with Crippen LogP contribution >= 0.6 is 12.4 Å². The molecule has 0 atom stereocenters. The van der Waals surface area contributed by atoms with Crippen molar-refractivity contribution in [1.29, 1.82) is 0 Å². The van der Waals surface area contributed by atoms with E-state index in [2.05, 4.69) is 44.3 Å². The number of anilines is 1. The fourth-order valence-corrected chi connectivity index (χ4v) is 1.23. The second-order valence-corrected chi connectivity index (χ2v) is 4.48. The molecule has 15 heavy (non-hydrogen) atoms. The Morgan fingerprint density at radius 1 is 1.33 bits per heavy atom. The van der Waals surface area contributed by atoms with Crippen molar-refractivity contribution < 1.29 is 0 Å². The smallest absolute Gasteiger partial charge is 0.0825 e. The number of nitrogens with zero attached hydrogens (tertiary/aromatic N) is 2. The Hall–Kier alpha value is -0.700. The van der Waals surface area contributed by atoms with Crippen LogP contribution in [0.5, 0.6) is 0 Å². The molecule has 0 aliphatic carbocycles. The molecule has 0 aliphatic rings. The topological polar surface area (TPSA) is 29.9 Å². The summed E-state index contributed by atoms with van der Waals surface area (Å²) in [6.45, 7) is 11.7. The molecule has 0 aliphatic heterocycles. The first-order valence-corrected chi connectivity index (χ1v) is 5.30. The lowest BCUT2D eigenvalue weighted by Crippen LogP contribution is -2.08. The van der Waals surface area contributed by atoms with Crippen LogP contribution in [0, 0.1) is 12.8 Å².